The molecule has 19 heavy (non-hydrogen) atoms. The maximum Gasteiger partial charge on any atom is 0.306 e. The Labute approximate surface area is 111 Å². The standard InChI is InChI=1S/C12H18N4O3/c1-4-19-9(5-11(17)18)7-14-12-10(6-13)8(2)15-16(12)3/h9,14H,4-5,7H2,1-3H3,(H,17,18). The van der Waals surface area contributed by atoms with Crippen LogP contribution in [0, 0.1) is 18.3 Å². The molecule has 0 bridgehead atoms. The third-order valence-corrected chi connectivity index (χ3v) is 2.64. The van der Waals surface area contributed by atoms with Crippen LogP contribution in [0.15, 0.2) is 0 Å². The van der Waals surface area contributed by atoms with E-state index in [-0.39, 0.29) is 6.42 Å². The van der Waals surface area contributed by atoms with E-state index in [2.05, 4.69) is 16.5 Å². The largest absolute Gasteiger partial charge is 0.481 e. The van der Waals surface area contributed by atoms with Gasteiger partial charge >= 0.3 is 5.97 Å². The molecule has 2 N–H and O–H groups in total. The molecule has 0 saturated carbocycles. The minimum atomic E-state index is -0.915. The van der Waals surface area contributed by atoms with E-state index in [4.69, 9.17) is 15.1 Å². The average molecular weight is 266 g/mol. The van der Waals surface area contributed by atoms with E-state index in [1.165, 1.54) is 0 Å². The van der Waals surface area contributed by atoms with Crippen LogP contribution in [0.2, 0.25) is 0 Å². The zero-order valence-electron chi connectivity index (χ0n) is 11.3. The van der Waals surface area contributed by atoms with Gasteiger partial charge in [0.05, 0.1) is 18.2 Å². The van der Waals surface area contributed by atoms with E-state index in [9.17, 15) is 4.79 Å². The Kier molecular flexibility index (Phi) is 5.33. The van der Waals surface area contributed by atoms with Crippen molar-refractivity contribution in [2.24, 2.45) is 7.05 Å². The highest BCUT2D eigenvalue weighted by Gasteiger charge is 2.17. The molecule has 0 fully saturated rings. The van der Waals surface area contributed by atoms with Crippen LogP contribution in [-0.4, -0.2) is 40.1 Å². The Morgan fingerprint density at radius 1 is 1.68 bits per heavy atom. The normalized spacial score (nSPS) is 11.9. The van der Waals surface area contributed by atoms with Gasteiger partial charge in [-0.2, -0.15) is 10.4 Å². The van der Waals surface area contributed by atoms with E-state index >= 15 is 0 Å². The molecule has 7 heteroatoms. The van der Waals surface area contributed by atoms with Crippen molar-refractivity contribution in [1.29, 1.82) is 5.26 Å². The van der Waals surface area contributed by atoms with E-state index in [1.807, 2.05) is 6.92 Å². The number of ether oxygens (including phenoxy) is 1. The van der Waals surface area contributed by atoms with Gasteiger partial charge in [0.25, 0.3) is 0 Å². The van der Waals surface area contributed by atoms with E-state index < -0.39 is 12.1 Å². The molecule has 7 nitrogen and oxygen atoms in total. The first-order valence-corrected chi connectivity index (χ1v) is 6.00. The van der Waals surface area contributed by atoms with Crippen LogP contribution in [0.5, 0.6) is 0 Å². The number of hydrogen-bond donors (Lipinski definition) is 2. The number of carbonyl (C=O) groups is 1. The molecule has 0 aliphatic carbocycles. The summed E-state index contributed by atoms with van der Waals surface area (Å²) >= 11 is 0. The number of aliphatic carboxylic acids is 1. The minimum absolute atomic E-state index is 0.0838. The van der Waals surface area contributed by atoms with Crippen molar-refractivity contribution in [3.8, 4) is 6.07 Å². The first-order valence-electron chi connectivity index (χ1n) is 6.00. The summed E-state index contributed by atoms with van der Waals surface area (Å²) in [6, 6.07) is 2.08. The zero-order chi connectivity index (χ0) is 14.4. The number of nitrogens with one attached hydrogen (secondary N) is 1. The van der Waals surface area contributed by atoms with Gasteiger partial charge in [-0.3, -0.25) is 9.48 Å². The van der Waals surface area contributed by atoms with Crippen molar-refractivity contribution in [3.05, 3.63) is 11.3 Å². The molecule has 1 aromatic heterocycles. The van der Waals surface area contributed by atoms with Gasteiger partial charge in [0.15, 0.2) is 0 Å². The summed E-state index contributed by atoms with van der Waals surface area (Å²) in [6.45, 7) is 4.31. The minimum Gasteiger partial charge on any atom is -0.481 e. The second kappa shape index (κ2) is 6.75. The molecular weight excluding hydrogens is 248 g/mol. The summed E-state index contributed by atoms with van der Waals surface area (Å²) < 4.78 is 6.91. The number of carboxylic acids is 1. The van der Waals surface area contributed by atoms with Gasteiger partial charge in [-0.1, -0.05) is 0 Å². The summed E-state index contributed by atoms with van der Waals surface area (Å²) in [6.07, 6.45) is -0.524. The number of anilines is 1. The van der Waals surface area contributed by atoms with Gasteiger partial charge in [-0.15, -0.1) is 0 Å². The predicted molar refractivity (Wildman–Crippen MR) is 68.8 cm³/mol. The fourth-order valence-electron chi connectivity index (χ4n) is 1.83. The van der Waals surface area contributed by atoms with Crippen LogP contribution in [-0.2, 0) is 16.6 Å². The number of aromatic nitrogens is 2. The van der Waals surface area contributed by atoms with Crippen molar-refractivity contribution >= 4 is 11.8 Å². The van der Waals surface area contributed by atoms with Crippen molar-refractivity contribution < 1.29 is 14.6 Å². The first kappa shape index (κ1) is 15.0. The lowest BCUT2D eigenvalue weighted by molar-refractivity contribution is -0.139. The van der Waals surface area contributed by atoms with Gasteiger partial charge in [-0.05, 0) is 13.8 Å². The smallest absolute Gasteiger partial charge is 0.306 e. The Bertz CT molecular complexity index is 490. The van der Waals surface area contributed by atoms with Gasteiger partial charge in [-0.25, -0.2) is 0 Å². The second-order valence-electron chi connectivity index (χ2n) is 4.10. The molecule has 1 aromatic rings. The number of rotatable bonds is 7. The lowest BCUT2D eigenvalue weighted by Crippen LogP contribution is -2.27. The number of carboxylic acid groups (broad SMARTS) is 1. The number of nitriles is 1. The highest BCUT2D eigenvalue weighted by atomic mass is 16.5. The Morgan fingerprint density at radius 3 is 2.89 bits per heavy atom. The number of hydrogen-bond acceptors (Lipinski definition) is 5. The van der Waals surface area contributed by atoms with Crippen molar-refractivity contribution in [1.82, 2.24) is 9.78 Å². The molecule has 1 atom stereocenters. The van der Waals surface area contributed by atoms with Gasteiger partial charge in [0.1, 0.15) is 17.5 Å². The summed E-state index contributed by atoms with van der Waals surface area (Å²) in [4.78, 5) is 10.7. The molecule has 0 aliphatic heterocycles. The molecule has 104 valence electrons. The fraction of sp³-hybridized carbons (Fsp3) is 0.583. The molecule has 0 aromatic carbocycles. The summed E-state index contributed by atoms with van der Waals surface area (Å²) in [5.41, 5.74) is 1.10. The second-order valence-corrected chi connectivity index (χ2v) is 4.10. The van der Waals surface area contributed by atoms with E-state index in [1.54, 1.807) is 18.7 Å². The van der Waals surface area contributed by atoms with Crippen molar-refractivity contribution in [2.75, 3.05) is 18.5 Å². The van der Waals surface area contributed by atoms with E-state index in [0.717, 1.165) is 0 Å². The third-order valence-electron chi connectivity index (χ3n) is 2.64. The average Bonchev–Trinajstić information content (AvgIpc) is 2.59. The molecule has 1 heterocycles. The van der Waals surface area contributed by atoms with Crippen LogP contribution in [0.4, 0.5) is 5.82 Å². The molecule has 0 aliphatic rings. The molecule has 0 saturated heterocycles. The quantitative estimate of drug-likeness (QED) is 0.760. The van der Waals surface area contributed by atoms with Gasteiger partial charge in [0.2, 0.25) is 0 Å². The van der Waals surface area contributed by atoms with Crippen LogP contribution in [0.3, 0.4) is 0 Å². The molecule has 1 unspecified atom stereocenters. The van der Waals surface area contributed by atoms with Crippen molar-refractivity contribution in [2.45, 2.75) is 26.4 Å². The number of nitrogens with zero attached hydrogens (tertiary/aromatic N) is 3. The molecule has 0 radical (unpaired) electrons. The molecule has 0 amide bonds. The lowest BCUT2D eigenvalue weighted by atomic mass is 10.2. The summed E-state index contributed by atoms with van der Waals surface area (Å²) in [5.74, 6) is -0.336. The number of aryl methyl sites for hydroxylation is 2. The summed E-state index contributed by atoms with van der Waals surface area (Å²) in [7, 11) is 1.73. The highest BCUT2D eigenvalue weighted by molar-refractivity contribution is 5.67. The van der Waals surface area contributed by atoms with Crippen molar-refractivity contribution in [3.63, 3.8) is 0 Å². The topological polar surface area (TPSA) is 100 Å². The molecule has 0 spiro atoms. The Balaban J connectivity index is 2.74. The molecule has 1 rings (SSSR count). The summed E-state index contributed by atoms with van der Waals surface area (Å²) in [5, 5.41) is 25.0. The zero-order valence-corrected chi connectivity index (χ0v) is 11.3. The van der Waals surface area contributed by atoms with Crippen LogP contribution >= 0.6 is 0 Å². The molecular formula is C12H18N4O3. The van der Waals surface area contributed by atoms with Gasteiger partial charge < -0.3 is 15.2 Å². The SMILES string of the molecule is CCOC(CNc1c(C#N)c(C)nn1C)CC(=O)O. The van der Waals surface area contributed by atoms with Gasteiger partial charge in [0, 0.05) is 20.2 Å². The Morgan fingerprint density at radius 2 is 2.37 bits per heavy atom. The Hall–Kier alpha value is -2.07. The van der Waals surface area contributed by atoms with E-state index in [0.29, 0.717) is 30.2 Å². The lowest BCUT2D eigenvalue weighted by Gasteiger charge is -2.16. The monoisotopic (exact) mass is 266 g/mol. The maximum absolute atomic E-state index is 10.7. The fourth-order valence-corrected chi connectivity index (χ4v) is 1.83. The van der Waals surface area contributed by atoms with Crippen LogP contribution in [0.1, 0.15) is 24.6 Å². The predicted octanol–water partition coefficient (Wildman–Crippen LogP) is 0.892. The maximum atomic E-state index is 10.7. The van der Waals surface area contributed by atoms with Crippen LogP contribution < -0.4 is 5.32 Å². The first-order chi connectivity index (χ1) is 8.99. The van der Waals surface area contributed by atoms with Crippen LogP contribution in [0.25, 0.3) is 0 Å². The highest BCUT2D eigenvalue weighted by Crippen LogP contribution is 2.17. The third kappa shape index (κ3) is 3.96.